The van der Waals surface area contributed by atoms with Crippen molar-refractivity contribution in [1.82, 2.24) is 0 Å². The van der Waals surface area contributed by atoms with E-state index < -0.39 is 0 Å². The van der Waals surface area contributed by atoms with E-state index in [1.807, 2.05) is 43.3 Å². The number of fused-ring (bicyclic) bond motifs is 1. The highest BCUT2D eigenvalue weighted by atomic mass is 16.5. The predicted molar refractivity (Wildman–Crippen MR) is 106 cm³/mol. The lowest BCUT2D eigenvalue weighted by atomic mass is 10.1. The maximum Gasteiger partial charge on any atom is 0.266 e. The first-order valence-electron chi connectivity index (χ1n) is 8.92. The van der Waals surface area contributed by atoms with E-state index in [1.165, 1.54) is 4.90 Å². The van der Waals surface area contributed by atoms with Gasteiger partial charge in [0.05, 0.1) is 23.9 Å². The molecular formula is C23H19NO4. The quantitative estimate of drug-likeness (QED) is 0.623. The number of hydrogen-bond acceptors (Lipinski definition) is 4. The largest absolute Gasteiger partial charge is 0.497 e. The minimum absolute atomic E-state index is 0.313. The van der Waals surface area contributed by atoms with E-state index in [-0.39, 0.29) is 11.8 Å². The summed E-state index contributed by atoms with van der Waals surface area (Å²) in [5, 5.41) is 0. The second-order valence-electron chi connectivity index (χ2n) is 6.63. The molecule has 2 amide bonds. The summed E-state index contributed by atoms with van der Waals surface area (Å²) in [5.41, 5.74) is 3.25. The first kappa shape index (κ1) is 17.8. The van der Waals surface area contributed by atoms with Crippen molar-refractivity contribution in [2.45, 2.75) is 13.5 Å². The van der Waals surface area contributed by atoms with E-state index in [2.05, 4.69) is 0 Å². The lowest BCUT2D eigenvalue weighted by Crippen LogP contribution is -2.29. The van der Waals surface area contributed by atoms with E-state index >= 15 is 0 Å². The lowest BCUT2D eigenvalue weighted by molar-refractivity contribution is 0.0926. The van der Waals surface area contributed by atoms with Crippen LogP contribution < -0.4 is 14.4 Å². The first-order valence-corrected chi connectivity index (χ1v) is 8.92. The molecule has 28 heavy (non-hydrogen) atoms. The fourth-order valence-corrected chi connectivity index (χ4v) is 3.25. The summed E-state index contributed by atoms with van der Waals surface area (Å²) in [6, 6.07) is 19.9. The molecular weight excluding hydrogens is 354 g/mol. The van der Waals surface area contributed by atoms with Gasteiger partial charge in [-0.2, -0.15) is 0 Å². The summed E-state index contributed by atoms with van der Waals surface area (Å²) in [7, 11) is 1.62. The molecule has 5 heteroatoms. The molecule has 0 atom stereocenters. The molecule has 0 unspecified atom stereocenters. The molecule has 0 saturated heterocycles. The Morgan fingerprint density at radius 1 is 0.821 bits per heavy atom. The fraction of sp³-hybridized carbons (Fsp3) is 0.130. The molecule has 0 spiro atoms. The molecule has 4 rings (SSSR count). The van der Waals surface area contributed by atoms with Crippen LogP contribution in [0.2, 0.25) is 0 Å². The molecule has 1 heterocycles. The van der Waals surface area contributed by atoms with Gasteiger partial charge in [0, 0.05) is 6.07 Å². The fourth-order valence-electron chi connectivity index (χ4n) is 3.25. The van der Waals surface area contributed by atoms with Crippen LogP contribution in [0, 0.1) is 6.92 Å². The van der Waals surface area contributed by atoms with E-state index in [9.17, 15) is 9.59 Å². The average Bonchev–Trinajstić information content (AvgIpc) is 2.97. The zero-order chi connectivity index (χ0) is 19.7. The third-order valence-electron chi connectivity index (χ3n) is 4.65. The zero-order valence-electron chi connectivity index (χ0n) is 15.6. The summed E-state index contributed by atoms with van der Waals surface area (Å²) in [5.74, 6) is 0.759. The van der Waals surface area contributed by atoms with Gasteiger partial charge in [-0.3, -0.25) is 9.59 Å². The van der Waals surface area contributed by atoms with E-state index in [0.29, 0.717) is 29.2 Å². The van der Waals surface area contributed by atoms with Crippen LogP contribution in [0.3, 0.4) is 0 Å². The summed E-state index contributed by atoms with van der Waals surface area (Å²) in [6.45, 7) is 2.27. The Morgan fingerprint density at radius 2 is 1.46 bits per heavy atom. The average molecular weight is 373 g/mol. The van der Waals surface area contributed by atoms with E-state index in [1.54, 1.807) is 37.4 Å². The lowest BCUT2D eigenvalue weighted by Gasteiger charge is -2.16. The van der Waals surface area contributed by atoms with Crippen LogP contribution in [0.5, 0.6) is 11.5 Å². The van der Waals surface area contributed by atoms with Crippen LogP contribution in [-0.4, -0.2) is 18.9 Å². The number of nitrogens with zero attached hydrogens (tertiary/aromatic N) is 1. The summed E-state index contributed by atoms with van der Waals surface area (Å²) in [4.78, 5) is 26.7. The molecule has 1 aliphatic rings. The number of hydrogen-bond donors (Lipinski definition) is 0. The minimum Gasteiger partial charge on any atom is -0.497 e. The number of carbonyl (C=O) groups excluding carboxylic acids is 2. The Balaban J connectivity index is 1.57. The molecule has 0 N–H and O–H groups in total. The van der Waals surface area contributed by atoms with Gasteiger partial charge >= 0.3 is 0 Å². The molecule has 0 radical (unpaired) electrons. The highest BCUT2D eigenvalue weighted by Gasteiger charge is 2.36. The van der Waals surface area contributed by atoms with Crippen LogP contribution in [0.1, 0.15) is 31.8 Å². The van der Waals surface area contributed by atoms with Gasteiger partial charge in [-0.05, 0) is 54.4 Å². The molecule has 0 aliphatic carbocycles. The molecule has 140 valence electrons. The topological polar surface area (TPSA) is 55.8 Å². The molecule has 3 aromatic carbocycles. The molecule has 0 bridgehead atoms. The van der Waals surface area contributed by atoms with Crippen LogP contribution in [-0.2, 0) is 6.61 Å². The summed E-state index contributed by atoms with van der Waals surface area (Å²) in [6.07, 6.45) is 0. The van der Waals surface area contributed by atoms with E-state index in [0.717, 1.165) is 16.9 Å². The van der Waals surface area contributed by atoms with Crippen molar-refractivity contribution in [1.29, 1.82) is 0 Å². The number of benzene rings is 3. The van der Waals surface area contributed by atoms with Crippen molar-refractivity contribution in [2.24, 2.45) is 0 Å². The molecule has 0 saturated carbocycles. The normalized spacial score (nSPS) is 12.9. The second-order valence-corrected chi connectivity index (χ2v) is 6.63. The van der Waals surface area contributed by atoms with Crippen molar-refractivity contribution < 1.29 is 19.1 Å². The molecule has 0 fully saturated rings. The third-order valence-corrected chi connectivity index (χ3v) is 4.65. The van der Waals surface area contributed by atoms with Crippen molar-refractivity contribution in [3.8, 4) is 11.5 Å². The van der Waals surface area contributed by atoms with Gasteiger partial charge in [0.2, 0.25) is 0 Å². The van der Waals surface area contributed by atoms with Gasteiger partial charge < -0.3 is 9.47 Å². The number of anilines is 1. The molecule has 1 aliphatic heterocycles. The van der Waals surface area contributed by atoms with E-state index in [4.69, 9.17) is 9.47 Å². The number of methoxy groups -OCH3 is 1. The smallest absolute Gasteiger partial charge is 0.266 e. The Labute approximate surface area is 163 Å². The van der Waals surface area contributed by atoms with Crippen molar-refractivity contribution >= 4 is 17.5 Å². The highest BCUT2D eigenvalue weighted by Crippen LogP contribution is 2.31. The number of carbonyl (C=O) groups is 2. The van der Waals surface area contributed by atoms with Crippen molar-refractivity contribution in [2.75, 3.05) is 12.0 Å². The second kappa shape index (κ2) is 7.19. The highest BCUT2D eigenvalue weighted by molar-refractivity contribution is 6.34. The monoisotopic (exact) mass is 373 g/mol. The number of aryl methyl sites for hydroxylation is 1. The van der Waals surface area contributed by atoms with Crippen LogP contribution in [0.15, 0.2) is 66.7 Å². The SMILES string of the molecule is COc1ccc(COc2cc(C)cc(N3C(=O)c4ccccc4C3=O)c2)cc1. The Hall–Kier alpha value is -3.60. The molecule has 0 aromatic heterocycles. The Bertz CT molecular complexity index is 1020. The van der Waals surface area contributed by atoms with Crippen LogP contribution in [0.25, 0.3) is 0 Å². The molecule has 5 nitrogen and oxygen atoms in total. The Kier molecular flexibility index (Phi) is 4.57. The zero-order valence-corrected chi connectivity index (χ0v) is 15.6. The van der Waals surface area contributed by atoms with Crippen molar-refractivity contribution in [3.63, 3.8) is 0 Å². The maximum absolute atomic E-state index is 12.7. The van der Waals surface area contributed by atoms with Gasteiger partial charge in [0.1, 0.15) is 18.1 Å². The van der Waals surface area contributed by atoms with Crippen LogP contribution in [0.4, 0.5) is 5.69 Å². The summed E-state index contributed by atoms with van der Waals surface area (Å²) < 4.78 is 11.1. The summed E-state index contributed by atoms with van der Waals surface area (Å²) >= 11 is 0. The Morgan fingerprint density at radius 3 is 2.07 bits per heavy atom. The molecule has 3 aromatic rings. The number of amides is 2. The maximum atomic E-state index is 12.7. The van der Waals surface area contributed by atoms with Gasteiger partial charge in [-0.15, -0.1) is 0 Å². The van der Waals surface area contributed by atoms with Gasteiger partial charge in [0.15, 0.2) is 0 Å². The first-order chi connectivity index (χ1) is 13.6. The third kappa shape index (κ3) is 3.22. The van der Waals surface area contributed by atoms with Crippen molar-refractivity contribution in [3.05, 3.63) is 89.0 Å². The van der Waals surface area contributed by atoms with Crippen LogP contribution >= 0.6 is 0 Å². The number of imide groups is 1. The van der Waals surface area contributed by atoms with Gasteiger partial charge in [-0.25, -0.2) is 4.90 Å². The predicted octanol–water partition coefficient (Wildman–Crippen LogP) is 4.38. The van der Waals surface area contributed by atoms with Gasteiger partial charge in [-0.1, -0.05) is 24.3 Å². The number of rotatable bonds is 5. The van der Waals surface area contributed by atoms with Gasteiger partial charge in [0.25, 0.3) is 11.8 Å². The standard InChI is InChI=1S/C23H19NO4/c1-15-11-17(24-22(25)20-5-3-4-6-21(20)23(24)26)13-19(12-15)28-14-16-7-9-18(27-2)10-8-16/h3-13H,14H2,1-2H3. The minimum atomic E-state index is -0.313. The number of ether oxygens (including phenoxy) is 2.